The zero-order chi connectivity index (χ0) is 21.8. The van der Waals surface area contributed by atoms with Gasteiger partial charge in [-0.05, 0) is 55.2 Å². The third-order valence-corrected chi connectivity index (χ3v) is 8.17. The van der Waals surface area contributed by atoms with Crippen molar-refractivity contribution in [3.8, 4) is 10.6 Å². The molecule has 0 bridgehead atoms. The summed E-state index contributed by atoms with van der Waals surface area (Å²) in [7, 11) is -3.50. The van der Waals surface area contributed by atoms with E-state index in [1.165, 1.54) is 11.3 Å². The molecule has 1 fully saturated rings. The molecule has 3 heterocycles. The van der Waals surface area contributed by atoms with E-state index in [0.29, 0.717) is 30.4 Å². The number of amides is 1. The highest BCUT2D eigenvalue weighted by atomic mass is 32.2. The molecule has 0 saturated carbocycles. The number of thiazole rings is 1. The molecule has 1 aromatic carbocycles. The van der Waals surface area contributed by atoms with E-state index in [2.05, 4.69) is 22.2 Å². The van der Waals surface area contributed by atoms with Crippen LogP contribution in [0.4, 0.5) is 5.69 Å². The Morgan fingerprint density at radius 3 is 2.61 bits per heavy atom. The highest BCUT2D eigenvalue weighted by molar-refractivity contribution is 7.89. The predicted octanol–water partition coefficient (Wildman–Crippen LogP) is 3.81. The Morgan fingerprint density at radius 2 is 1.94 bits per heavy atom. The summed E-state index contributed by atoms with van der Waals surface area (Å²) in [5.74, 6) is 0.353. The van der Waals surface area contributed by atoms with E-state index in [1.54, 1.807) is 41.0 Å². The Labute approximate surface area is 186 Å². The van der Waals surface area contributed by atoms with Crippen molar-refractivity contribution in [1.29, 1.82) is 0 Å². The van der Waals surface area contributed by atoms with E-state index < -0.39 is 10.0 Å². The van der Waals surface area contributed by atoms with Crippen LogP contribution < -0.4 is 5.32 Å². The molecule has 0 atom stereocenters. The van der Waals surface area contributed by atoms with E-state index in [0.717, 1.165) is 23.4 Å². The quantitative estimate of drug-likeness (QED) is 0.609. The van der Waals surface area contributed by atoms with E-state index >= 15 is 0 Å². The minimum atomic E-state index is -3.50. The standard InChI is InChI=1S/C22H24N4O3S2/c1-16-8-11-26(12-9-16)31(28,29)20-6-4-18(5-7-20)24-21(27)13-19-15-30-22(25-19)17-3-2-10-23-14-17/h2-7,10,14-16H,8-9,11-13H2,1H3,(H,24,27). The topological polar surface area (TPSA) is 92.3 Å². The van der Waals surface area contributed by atoms with Gasteiger partial charge in [-0.1, -0.05) is 6.92 Å². The van der Waals surface area contributed by atoms with Crippen LogP contribution in [0.25, 0.3) is 10.6 Å². The average molecular weight is 457 g/mol. The maximum Gasteiger partial charge on any atom is 0.243 e. The lowest BCUT2D eigenvalue weighted by Gasteiger charge is -2.29. The van der Waals surface area contributed by atoms with Crippen molar-refractivity contribution < 1.29 is 13.2 Å². The van der Waals surface area contributed by atoms with Gasteiger partial charge in [0.2, 0.25) is 15.9 Å². The molecule has 0 unspecified atom stereocenters. The minimum absolute atomic E-state index is 0.142. The van der Waals surface area contributed by atoms with Crippen LogP contribution in [-0.2, 0) is 21.2 Å². The molecular formula is C22H24N4O3S2. The van der Waals surface area contributed by atoms with Crippen molar-refractivity contribution in [2.45, 2.75) is 31.1 Å². The van der Waals surface area contributed by atoms with Crippen LogP contribution in [0.15, 0.2) is 59.1 Å². The number of carbonyl (C=O) groups is 1. The monoisotopic (exact) mass is 456 g/mol. The summed E-state index contributed by atoms with van der Waals surface area (Å²) in [5, 5.41) is 5.48. The van der Waals surface area contributed by atoms with Gasteiger partial charge < -0.3 is 5.32 Å². The molecule has 1 N–H and O–H groups in total. The predicted molar refractivity (Wildman–Crippen MR) is 121 cm³/mol. The Kier molecular flexibility index (Phi) is 6.45. The maximum atomic E-state index is 12.8. The van der Waals surface area contributed by atoms with Gasteiger partial charge >= 0.3 is 0 Å². The number of nitrogens with one attached hydrogen (secondary N) is 1. The van der Waals surface area contributed by atoms with Crippen LogP contribution in [0.5, 0.6) is 0 Å². The SMILES string of the molecule is CC1CCN(S(=O)(=O)c2ccc(NC(=O)Cc3csc(-c4cccnc4)n3)cc2)CC1. The molecule has 0 aliphatic carbocycles. The van der Waals surface area contributed by atoms with Crippen LogP contribution in [0.3, 0.4) is 0 Å². The number of aromatic nitrogens is 2. The van der Waals surface area contributed by atoms with E-state index in [4.69, 9.17) is 0 Å². The number of carbonyl (C=O) groups excluding carboxylic acids is 1. The van der Waals surface area contributed by atoms with Gasteiger partial charge in [0.25, 0.3) is 0 Å². The summed E-state index contributed by atoms with van der Waals surface area (Å²) >= 11 is 1.47. The molecule has 9 heteroatoms. The first kappa shape index (κ1) is 21.6. The highest BCUT2D eigenvalue weighted by Crippen LogP contribution is 2.25. The van der Waals surface area contributed by atoms with Gasteiger partial charge in [-0.25, -0.2) is 13.4 Å². The second-order valence-corrected chi connectivity index (χ2v) is 10.5. The number of hydrogen-bond acceptors (Lipinski definition) is 6. The fraction of sp³-hybridized carbons (Fsp3) is 0.318. The molecular weight excluding hydrogens is 432 g/mol. The van der Waals surface area contributed by atoms with Crippen LogP contribution in [0.2, 0.25) is 0 Å². The summed E-state index contributed by atoms with van der Waals surface area (Å²) in [5.41, 5.74) is 2.15. The summed E-state index contributed by atoms with van der Waals surface area (Å²) in [6, 6.07) is 10.1. The summed E-state index contributed by atoms with van der Waals surface area (Å²) in [6.45, 7) is 3.25. The van der Waals surface area contributed by atoms with Gasteiger partial charge in [0.15, 0.2) is 0 Å². The lowest BCUT2D eigenvalue weighted by Crippen LogP contribution is -2.37. The molecule has 7 nitrogen and oxygen atoms in total. The largest absolute Gasteiger partial charge is 0.326 e. The lowest BCUT2D eigenvalue weighted by molar-refractivity contribution is -0.115. The lowest BCUT2D eigenvalue weighted by atomic mass is 10.0. The zero-order valence-electron chi connectivity index (χ0n) is 17.2. The van der Waals surface area contributed by atoms with Crippen molar-refractivity contribution in [1.82, 2.24) is 14.3 Å². The maximum absolute atomic E-state index is 12.8. The van der Waals surface area contributed by atoms with E-state index in [-0.39, 0.29) is 17.2 Å². The molecule has 3 aromatic rings. The zero-order valence-corrected chi connectivity index (χ0v) is 18.8. The van der Waals surface area contributed by atoms with Crippen molar-refractivity contribution in [2.75, 3.05) is 18.4 Å². The number of rotatable bonds is 6. The molecule has 0 radical (unpaired) electrons. The van der Waals surface area contributed by atoms with Crippen LogP contribution >= 0.6 is 11.3 Å². The number of sulfonamides is 1. The van der Waals surface area contributed by atoms with Gasteiger partial charge in [0.05, 0.1) is 17.0 Å². The Balaban J connectivity index is 1.37. The normalized spacial score (nSPS) is 15.6. The highest BCUT2D eigenvalue weighted by Gasteiger charge is 2.27. The molecule has 0 spiro atoms. The van der Waals surface area contributed by atoms with Crippen molar-refractivity contribution in [3.05, 3.63) is 59.9 Å². The third-order valence-electron chi connectivity index (χ3n) is 5.32. The van der Waals surface area contributed by atoms with Gasteiger partial charge in [-0.2, -0.15) is 4.31 Å². The third kappa shape index (κ3) is 5.17. The Hall–Kier alpha value is -2.62. The smallest absolute Gasteiger partial charge is 0.243 e. The fourth-order valence-corrected chi connectivity index (χ4v) is 5.74. The number of anilines is 1. The van der Waals surface area contributed by atoms with Crippen LogP contribution in [-0.4, -0.2) is 41.7 Å². The number of hydrogen-bond donors (Lipinski definition) is 1. The van der Waals surface area contributed by atoms with Gasteiger partial charge in [0.1, 0.15) is 5.01 Å². The second kappa shape index (κ2) is 9.25. The Bertz CT molecular complexity index is 1140. The van der Waals surface area contributed by atoms with Gasteiger partial charge in [-0.15, -0.1) is 11.3 Å². The summed E-state index contributed by atoms with van der Waals surface area (Å²) in [4.78, 5) is 21.2. The number of benzene rings is 1. The molecule has 1 aliphatic rings. The minimum Gasteiger partial charge on any atom is -0.326 e. The second-order valence-electron chi connectivity index (χ2n) is 7.72. The van der Waals surface area contributed by atoms with E-state index in [1.807, 2.05) is 17.5 Å². The molecule has 1 aliphatic heterocycles. The average Bonchev–Trinajstić information content (AvgIpc) is 3.23. The summed E-state index contributed by atoms with van der Waals surface area (Å²) < 4.78 is 27.2. The first-order valence-electron chi connectivity index (χ1n) is 10.2. The summed E-state index contributed by atoms with van der Waals surface area (Å²) in [6.07, 6.45) is 5.35. The van der Waals surface area contributed by atoms with Crippen LogP contribution in [0.1, 0.15) is 25.5 Å². The van der Waals surface area contributed by atoms with Crippen molar-refractivity contribution in [2.24, 2.45) is 5.92 Å². The first-order valence-corrected chi connectivity index (χ1v) is 12.5. The van der Waals surface area contributed by atoms with Crippen LogP contribution in [0, 0.1) is 5.92 Å². The molecule has 2 aromatic heterocycles. The van der Waals surface area contributed by atoms with Gasteiger partial charge in [-0.3, -0.25) is 9.78 Å². The fourth-order valence-electron chi connectivity index (χ4n) is 3.46. The molecule has 162 valence electrons. The van der Waals surface area contributed by atoms with E-state index in [9.17, 15) is 13.2 Å². The molecule has 31 heavy (non-hydrogen) atoms. The van der Waals surface area contributed by atoms with Crippen molar-refractivity contribution >= 4 is 33.0 Å². The molecule has 4 rings (SSSR count). The first-order chi connectivity index (χ1) is 14.9. The molecule has 1 saturated heterocycles. The van der Waals surface area contributed by atoms with Gasteiger partial charge in [0, 0.05) is 42.1 Å². The Morgan fingerprint density at radius 1 is 1.19 bits per heavy atom. The molecule has 1 amide bonds. The number of pyridine rings is 1. The number of nitrogens with zero attached hydrogens (tertiary/aromatic N) is 3. The van der Waals surface area contributed by atoms with Crippen molar-refractivity contribution in [3.63, 3.8) is 0 Å². The number of piperidine rings is 1.